The smallest absolute Gasteiger partial charge is 0.139 e. The molecule has 7 nitrogen and oxygen atoms in total. The Bertz CT molecular complexity index is 2780. The maximum absolute atomic E-state index is 6.16. The molecule has 0 amide bonds. The average molecular weight is 669 g/mol. The monoisotopic (exact) mass is 668 g/mol. The van der Waals surface area contributed by atoms with E-state index in [0.717, 1.165) is 94.6 Å². The molecule has 0 aliphatic heterocycles. The zero-order valence-electron chi connectivity index (χ0n) is 27.8. The summed E-state index contributed by atoms with van der Waals surface area (Å²) in [6.07, 6.45) is 8.80. The van der Waals surface area contributed by atoms with Crippen LogP contribution in [-0.4, -0.2) is 24.9 Å². The van der Waals surface area contributed by atoms with E-state index in [1.165, 1.54) is 0 Å². The van der Waals surface area contributed by atoms with Gasteiger partial charge in [-0.15, -0.1) is 0 Å². The SMILES string of the molecule is c1ccc2c(c1)oc1cc(-c3ccc(N(c4ccc(-c5ccc6nccnc6c5)cc4)c4ccc(-c5ccc6nccnc6c5)cc4)cc3)ncc12. The van der Waals surface area contributed by atoms with E-state index < -0.39 is 0 Å². The fraction of sp³-hybridized carbons (Fsp3) is 0. The molecule has 0 saturated carbocycles. The van der Waals surface area contributed by atoms with Crippen LogP contribution in [0.2, 0.25) is 0 Å². The summed E-state index contributed by atoms with van der Waals surface area (Å²) in [4.78, 5) is 24.9. The van der Waals surface area contributed by atoms with Crippen molar-refractivity contribution in [3.8, 4) is 33.5 Å². The van der Waals surface area contributed by atoms with Crippen LogP contribution in [0.25, 0.3) is 77.5 Å². The number of aromatic nitrogens is 5. The lowest BCUT2D eigenvalue weighted by atomic mass is 10.0. The molecule has 0 N–H and O–H groups in total. The average Bonchev–Trinajstić information content (AvgIpc) is 3.59. The molecule has 0 spiro atoms. The number of pyridine rings is 1. The van der Waals surface area contributed by atoms with Crippen LogP contribution in [0.1, 0.15) is 0 Å². The van der Waals surface area contributed by atoms with Crippen LogP contribution in [0.4, 0.5) is 17.1 Å². The third kappa shape index (κ3) is 5.28. The number of furan rings is 1. The first-order valence-corrected chi connectivity index (χ1v) is 17.0. The number of rotatable bonds is 6. The summed E-state index contributed by atoms with van der Waals surface area (Å²) in [7, 11) is 0. The van der Waals surface area contributed by atoms with E-state index in [4.69, 9.17) is 9.40 Å². The molecule has 52 heavy (non-hydrogen) atoms. The van der Waals surface area contributed by atoms with E-state index in [1.807, 2.05) is 42.6 Å². The van der Waals surface area contributed by atoms with Crippen LogP contribution in [0.3, 0.4) is 0 Å². The molecule has 0 unspecified atom stereocenters. The van der Waals surface area contributed by atoms with Crippen LogP contribution in [0, 0.1) is 0 Å². The maximum Gasteiger partial charge on any atom is 0.139 e. The molecular formula is C45H28N6O. The fourth-order valence-electron chi connectivity index (χ4n) is 6.90. The number of benzene rings is 6. The van der Waals surface area contributed by atoms with Crippen molar-refractivity contribution >= 4 is 61.1 Å². The van der Waals surface area contributed by atoms with Crippen molar-refractivity contribution in [2.24, 2.45) is 0 Å². The van der Waals surface area contributed by atoms with Crippen molar-refractivity contribution in [1.82, 2.24) is 24.9 Å². The van der Waals surface area contributed by atoms with E-state index in [1.54, 1.807) is 24.8 Å². The second-order valence-electron chi connectivity index (χ2n) is 12.7. The molecular weight excluding hydrogens is 641 g/mol. The van der Waals surface area contributed by atoms with Gasteiger partial charge in [0.25, 0.3) is 0 Å². The number of para-hydroxylation sites is 1. The number of hydrogen-bond acceptors (Lipinski definition) is 7. The van der Waals surface area contributed by atoms with Gasteiger partial charge in [-0.3, -0.25) is 24.9 Å². The molecule has 6 aromatic carbocycles. The van der Waals surface area contributed by atoms with E-state index in [0.29, 0.717) is 0 Å². The van der Waals surface area contributed by atoms with E-state index in [2.05, 4.69) is 128 Å². The predicted octanol–water partition coefficient (Wildman–Crippen LogP) is 11.3. The second-order valence-corrected chi connectivity index (χ2v) is 12.7. The van der Waals surface area contributed by atoms with Crippen LogP contribution in [-0.2, 0) is 0 Å². The fourth-order valence-corrected chi connectivity index (χ4v) is 6.90. The van der Waals surface area contributed by atoms with Gasteiger partial charge < -0.3 is 9.32 Å². The third-order valence-corrected chi connectivity index (χ3v) is 9.54. The molecule has 0 atom stereocenters. The minimum Gasteiger partial charge on any atom is -0.456 e. The lowest BCUT2D eigenvalue weighted by molar-refractivity contribution is 0.668. The lowest BCUT2D eigenvalue weighted by Gasteiger charge is -2.26. The molecule has 10 aromatic rings. The molecule has 4 heterocycles. The summed E-state index contributed by atoms with van der Waals surface area (Å²) in [5.74, 6) is 0. The largest absolute Gasteiger partial charge is 0.456 e. The highest BCUT2D eigenvalue weighted by Crippen LogP contribution is 2.38. The predicted molar refractivity (Wildman–Crippen MR) is 209 cm³/mol. The Morgan fingerprint density at radius 2 is 0.846 bits per heavy atom. The molecule has 4 aromatic heterocycles. The molecule has 0 radical (unpaired) electrons. The van der Waals surface area contributed by atoms with Crippen LogP contribution in [0.5, 0.6) is 0 Å². The third-order valence-electron chi connectivity index (χ3n) is 9.54. The molecule has 244 valence electrons. The first-order valence-electron chi connectivity index (χ1n) is 17.0. The van der Waals surface area contributed by atoms with Gasteiger partial charge in [0.2, 0.25) is 0 Å². The van der Waals surface area contributed by atoms with Crippen molar-refractivity contribution in [1.29, 1.82) is 0 Å². The van der Waals surface area contributed by atoms with Gasteiger partial charge in [-0.05, 0) is 89.0 Å². The van der Waals surface area contributed by atoms with Crippen LogP contribution in [0.15, 0.2) is 175 Å². The van der Waals surface area contributed by atoms with Gasteiger partial charge >= 0.3 is 0 Å². The van der Waals surface area contributed by atoms with Gasteiger partial charge in [-0.2, -0.15) is 0 Å². The Morgan fingerprint density at radius 1 is 0.365 bits per heavy atom. The summed E-state index contributed by atoms with van der Waals surface area (Å²) in [5, 5.41) is 2.09. The van der Waals surface area contributed by atoms with E-state index >= 15 is 0 Å². The first kappa shape index (κ1) is 29.6. The Kier molecular flexibility index (Phi) is 6.99. The van der Waals surface area contributed by atoms with Crippen LogP contribution >= 0.6 is 0 Å². The highest BCUT2D eigenvalue weighted by molar-refractivity contribution is 6.05. The first-order chi connectivity index (χ1) is 25.7. The summed E-state index contributed by atoms with van der Waals surface area (Å²) >= 11 is 0. The van der Waals surface area contributed by atoms with Crippen molar-refractivity contribution in [2.45, 2.75) is 0 Å². The normalized spacial score (nSPS) is 11.5. The molecule has 0 fully saturated rings. The van der Waals surface area contributed by atoms with Gasteiger partial charge in [-0.25, -0.2) is 0 Å². The highest BCUT2D eigenvalue weighted by Gasteiger charge is 2.15. The van der Waals surface area contributed by atoms with Crippen molar-refractivity contribution in [3.63, 3.8) is 0 Å². The molecule has 10 rings (SSSR count). The Balaban J connectivity index is 1.02. The van der Waals surface area contributed by atoms with Crippen molar-refractivity contribution < 1.29 is 4.42 Å². The Hall–Kier alpha value is -7.25. The summed E-state index contributed by atoms with van der Waals surface area (Å²) in [6, 6.07) is 48.3. The van der Waals surface area contributed by atoms with Crippen molar-refractivity contribution in [3.05, 3.63) is 171 Å². The van der Waals surface area contributed by atoms with Gasteiger partial charge in [0.05, 0.1) is 27.8 Å². The molecule has 0 aliphatic rings. The van der Waals surface area contributed by atoms with E-state index in [9.17, 15) is 0 Å². The lowest BCUT2D eigenvalue weighted by Crippen LogP contribution is -2.09. The minimum absolute atomic E-state index is 0.828. The number of anilines is 3. The Labute approximate surface area is 298 Å². The standard InChI is InChI=1S/C45H28N6O/c1-2-4-44-37(3-1)38-28-50-41(27-45(38)52-44)31-9-17-36(18-10-31)51(34-13-5-29(6-14-34)32-11-19-39-42(25-32)48-23-21-46-39)35-15-7-30(8-16-35)33-12-20-40-43(26-33)49-24-22-47-40/h1-28H. The number of nitrogens with zero attached hydrogens (tertiary/aromatic N) is 6. The van der Waals surface area contributed by atoms with Gasteiger partial charge in [0.1, 0.15) is 11.2 Å². The summed E-state index contributed by atoms with van der Waals surface area (Å²) in [6.45, 7) is 0. The topological polar surface area (TPSA) is 80.8 Å². The minimum atomic E-state index is 0.828. The number of hydrogen-bond donors (Lipinski definition) is 0. The molecule has 0 aliphatic carbocycles. The highest BCUT2D eigenvalue weighted by atomic mass is 16.3. The summed E-state index contributed by atoms with van der Waals surface area (Å²) in [5.41, 5.74) is 14.6. The van der Waals surface area contributed by atoms with Gasteiger partial charge in [0.15, 0.2) is 0 Å². The second kappa shape index (κ2) is 12.3. The quantitative estimate of drug-likeness (QED) is 0.174. The van der Waals surface area contributed by atoms with Gasteiger partial charge in [-0.1, -0.05) is 66.7 Å². The molecule has 0 saturated heterocycles. The van der Waals surface area contributed by atoms with E-state index in [-0.39, 0.29) is 0 Å². The number of fused-ring (bicyclic) bond motifs is 5. The molecule has 7 heteroatoms. The van der Waals surface area contributed by atoms with Crippen molar-refractivity contribution in [2.75, 3.05) is 4.90 Å². The summed E-state index contributed by atoms with van der Waals surface area (Å²) < 4.78 is 6.16. The van der Waals surface area contributed by atoms with Gasteiger partial charge in [0, 0.05) is 70.4 Å². The maximum atomic E-state index is 6.16. The molecule has 0 bridgehead atoms. The van der Waals surface area contributed by atoms with Crippen LogP contribution < -0.4 is 4.90 Å². The Morgan fingerprint density at radius 3 is 1.40 bits per heavy atom. The zero-order valence-corrected chi connectivity index (χ0v) is 27.8. The zero-order chi connectivity index (χ0) is 34.4.